The van der Waals surface area contributed by atoms with E-state index < -0.39 is 17.2 Å². The molecule has 20 heavy (non-hydrogen) atoms. The van der Waals surface area contributed by atoms with Crippen LogP contribution < -0.4 is 0 Å². The molecule has 2 unspecified atom stereocenters. The van der Waals surface area contributed by atoms with Gasteiger partial charge >= 0.3 is 6.09 Å². The van der Waals surface area contributed by atoms with Crippen LogP contribution in [0, 0.1) is 0 Å². The highest BCUT2D eigenvalue weighted by atomic mass is 16.6. The van der Waals surface area contributed by atoms with Crippen molar-refractivity contribution in [3.05, 3.63) is 0 Å². The molecule has 114 valence electrons. The lowest BCUT2D eigenvalue weighted by molar-refractivity contribution is -0.131. The molecule has 0 bridgehead atoms. The van der Waals surface area contributed by atoms with Crippen LogP contribution in [0.1, 0.15) is 52.9 Å². The maximum Gasteiger partial charge on any atom is 0.411 e. The summed E-state index contributed by atoms with van der Waals surface area (Å²) in [5, 5.41) is 0. The largest absolute Gasteiger partial charge is 0.444 e. The molecular weight excluding hydrogens is 258 g/mol. The Labute approximate surface area is 120 Å². The smallest absolute Gasteiger partial charge is 0.411 e. The molecule has 2 aliphatic rings. The van der Waals surface area contributed by atoms with Gasteiger partial charge < -0.3 is 14.3 Å². The molecule has 2 aliphatic heterocycles. The fourth-order valence-corrected chi connectivity index (χ4v) is 3.10. The third-order valence-electron chi connectivity index (χ3n) is 4.02. The second kappa shape index (κ2) is 5.72. The number of likely N-dealkylation sites (tertiary alicyclic amines) is 1. The van der Waals surface area contributed by atoms with Crippen LogP contribution >= 0.6 is 0 Å². The van der Waals surface area contributed by atoms with E-state index >= 15 is 0 Å². The number of ether oxygens (including phenoxy) is 2. The fraction of sp³-hybridized carbons (Fsp3) is 0.867. The van der Waals surface area contributed by atoms with Gasteiger partial charge in [-0.3, -0.25) is 4.90 Å². The molecule has 5 nitrogen and oxygen atoms in total. The van der Waals surface area contributed by atoms with Gasteiger partial charge in [0.25, 0.3) is 0 Å². The second-order valence-electron chi connectivity index (χ2n) is 6.70. The van der Waals surface area contributed by atoms with Gasteiger partial charge in [0.1, 0.15) is 17.4 Å². The van der Waals surface area contributed by atoms with E-state index in [0.717, 1.165) is 32.0 Å². The van der Waals surface area contributed by atoms with E-state index in [4.69, 9.17) is 9.47 Å². The number of piperidine rings is 1. The summed E-state index contributed by atoms with van der Waals surface area (Å²) in [7, 11) is 0. The van der Waals surface area contributed by atoms with Crippen LogP contribution in [-0.2, 0) is 14.3 Å². The molecule has 2 atom stereocenters. The van der Waals surface area contributed by atoms with Crippen molar-refractivity contribution in [2.24, 2.45) is 0 Å². The molecule has 0 aromatic rings. The average molecular weight is 283 g/mol. The lowest BCUT2D eigenvalue weighted by Crippen LogP contribution is -2.62. The van der Waals surface area contributed by atoms with E-state index in [1.54, 1.807) is 4.90 Å². The lowest BCUT2D eigenvalue weighted by Gasteiger charge is -2.46. The predicted molar refractivity (Wildman–Crippen MR) is 74.6 cm³/mol. The summed E-state index contributed by atoms with van der Waals surface area (Å²) < 4.78 is 11.2. The molecule has 2 heterocycles. The van der Waals surface area contributed by atoms with Crippen molar-refractivity contribution in [1.82, 2.24) is 4.90 Å². The minimum atomic E-state index is -0.836. The Kier molecular flexibility index (Phi) is 4.37. The van der Waals surface area contributed by atoms with Crippen LogP contribution in [0.25, 0.3) is 0 Å². The van der Waals surface area contributed by atoms with E-state index in [-0.39, 0.29) is 6.10 Å². The Hall–Kier alpha value is -1.10. The van der Waals surface area contributed by atoms with E-state index in [0.29, 0.717) is 19.6 Å². The molecule has 0 aromatic carbocycles. The van der Waals surface area contributed by atoms with Crippen LogP contribution in [0.15, 0.2) is 0 Å². The van der Waals surface area contributed by atoms with Gasteiger partial charge in [-0.1, -0.05) is 0 Å². The van der Waals surface area contributed by atoms with E-state index in [9.17, 15) is 9.59 Å². The van der Waals surface area contributed by atoms with Gasteiger partial charge in [0.2, 0.25) is 0 Å². The number of hydrogen-bond donors (Lipinski definition) is 0. The Morgan fingerprint density at radius 3 is 2.65 bits per heavy atom. The molecule has 5 heteroatoms. The van der Waals surface area contributed by atoms with Gasteiger partial charge in [-0.05, 0) is 52.9 Å². The first-order valence-electron chi connectivity index (χ1n) is 7.48. The number of carbonyl (C=O) groups is 2. The van der Waals surface area contributed by atoms with Crippen LogP contribution in [0.4, 0.5) is 4.79 Å². The van der Waals surface area contributed by atoms with Gasteiger partial charge in [0.15, 0.2) is 0 Å². The van der Waals surface area contributed by atoms with Gasteiger partial charge in [0.05, 0.1) is 6.10 Å². The van der Waals surface area contributed by atoms with Crippen molar-refractivity contribution in [2.45, 2.75) is 70.1 Å². The zero-order valence-electron chi connectivity index (χ0n) is 12.7. The number of nitrogens with zero attached hydrogens (tertiary/aromatic N) is 1. The first kappa shape index (κ1) is 15.3. The summed E-state index contributed by atoms with van der Waals surface area (Å²) >= 11 is 0. The normalized spacial score (nSPS) is 31.1. The van der Waals surface area contributed by atoms with E-state index in [1.807, 2.05) is 20.8 Å². The average Bonchev–Trinajstić information content (AvgIpc) is 2.90. The number of aldehydes is 1. The third-order valence-corrected chi connectivity index (χ3v) is 4.02. The molecule has 0 aliphatic carbocycles. The zero-order chi connectivity index (χ0) is 14.8. The van der Waals surface area contributed by atoms with Crippen molar-refractivity contribution in [1.29, 1.82) is 0 Å². The summed E-state index contributed by atoms with van der Waals surface area (Å²) in [4.78, 5) is 25.9. The van der Waals surface area contributed by atoms with Crippen LogP contribution in [0.5, 0.6) is 0 Å². The molecule has 0 aromatic heterocycles. The summed E-state index contributed by atoms with van der Waals surface area (Å²) in [5.74, 6) is 0. The van der Waals surface area contributed by atoms with Crippen molar-refractivity contribution < 1.29 is 19.1 Å². The molecule has 0 N–H and O–H groups in total. The predicted octanol–water partition coefficient (Wildman–Crippen LogP) is 2.52. The molecular formula is C15H25NO4. The maximum atomic E-state index is 12.4. The van der Waals surface area contributed by atoms with Crippen molar-refractivity contribution in [2.75, 3.05) is 13.2 Å². The lowest BCUT2D eigenvalue weighted by atomic mass is 9.82. The quantitative estimate of drug-likeness (QED) is 0.731. The molecule has 0 radical (unpaired) electrons. The first-order valence-corrected chi connectivity index (χ1v) is 7.48. The topological polar surface area (TPSA) is 55.8 Å². The Morgan fingerprint density at radius 2 is 2.10 bits per heavy atom. The second-order valence-corrected chi connectivity index (χ2v) is 6.70. The van der Waals surface area contributed by atoms with Crippen LogP contribution in [-0.4, -0.2) is 47.7 Å². The molecule has 0 spiro atoms. The number of rotatable bonds is 2. The van der Waals surface area contributed by atoms with Gasteiger partial charge in [-0.2, -0.15) is 0 Å². The highest BCUT2D eigenvalue weighted by molar-refractivity contribution is 5.78. The number of carbonyl (C=O) groups excluding carboxylic acids is 2. The molecule has 2 rings (SSSR count). The van der Waals surface area contributed by atoms with Gasteiger partial charge in [0, 0.05) is 13.2 Å². The minimum absolute atomic E-state index is 0.187. The van der Waals surface area contributed by atoms with Crippen LogP contribution in [0.3, 0.4) is 0 Å². The van der Waals surface area contributed by atoms with Crippen molar-refractivity contribution in [3.63, 3.8) is 0 Å². The first-order chi connectivity index (χ1) is 9.39. The zero-order valence-corrected chi connectivity index (χ0v) is 12.7. The van der Waals surface area contributed by atoms with Gasteiger partial charge in [-0.25, -0.2) is 4.79 Å². The van der Waals surface area contributed by atoms with E-state index in [1.165, 1.54) is 0 Å². The SMILES string of the molecule is CC(C)(C)OC(=O)N1CCCCC1(C=O)C1CCCO1. The van der Waals surface area contributed by atoms with Crippen molar-refractivity contribution in [3.8, 4) is 0 Å². The summed E-state index contributed by atoms with van der Waals surface area (Å²) in [6.07, 6.45) is 4.61. The summed E-state index contributed by atoms with van der Waals surface area (Å²) in [6, 6.07) is 0. The molecule has 1 amide bonds. The molecule has 0 saturated carbocycles. The molecule has 2 saturated heterocycles. The Balaban J connectivity index is 2.22. The fourth-order valence-electron chi connectivity index (χ4n) is 3.10. The van der Waals surface area contributed by atoms with Crippen LogP contribution in [0.2, 0.25) is 0 Å². The maximum absolute atomic E-state index is 12.4. The number of amides is 1. The monoisotopic (exact) mass is 283 g/mol. The highest BCUT2D eigenvalue weighted by Gasteiger charge is 2.50. The highest BCUT2D eigenvalue weighted by Crippen LogP contribution is 2.36. The minimum Gasteiger partial charge on any atom is -0.444 e. The Morgan fingerprint density at radius 1 is 1.35 bits per heavy atom. The summed E-state index contributed by atoms with van der Waals surface area (Å²) in [6.45, 7) is 6.74. The Bertz CT molecular complexity index is 371. The summed E-state index contributed by atoms with van der Waals surface area (Å²) in [5.41, 5.74) is -1.39. The van der Waals surface area contributed by atoms with Gasteiger partial charge in [-0.15, -0.1) is 0 Å². The van der Waals surface area contributed by atoms with E-state index in [2.05, 4.69) is 0 Å². The molecule has 2 fully saturated rings. The third kappa shape index (κ3) is 2.97. The van der Waals surface area contributed by atoms with Crippen molar-refractivity contribution >= 4 is 12.4 Å². The standard InChI is InChI=1S/C15H25NO4/c1-14(2,3)20-13(18)16-9-5-4-8-15(16,11-17)12-7-6-10-19-12/h11-12H,4-10H2,1-3H3. The number of hydrogen-bond acceptors (Lipinski definition) is 4.